The number of hydrogen-bond acceptors (Lipinski definition) is 3. The first-order valence-corrected chi connectivity index (χ1v) is 9.56. The molecule has 0 saturated carbocycles. The van der Waals surface area contributed by atoms with Gasteiger partial charge >= 0.3 is 6.18 Å². The van der Waals surface area contributed by atoms with Crippen LogP contribution in [0, 0.1) is 17.7 Å². The first-order valence-electron chi connectivity index (χ1n) is 9.56. The number of ketones is 1. The summed E-state index contributed by atoms with van der Waals surface area (Å²) in [5, 5.41) is 4.31. The SMILES string of the molecule is O=C(Cc1ccc(C#Cc2ccc3nccn3n2)cc1)Cc1cc(C(F)(F)F)ccc1F. The maximum absolute atomic E-state index is 13.9. The maximum Gasteiger partial charge on any atom is 0.416 e. The largest absolute Gasteiger partial charge is 0.416 e. The van der Waals surface area contributed by atoms with Gasteiger partial charge in [-0.1, -0.05) is 18.1 Å². The van der Waals surface area contributed by atoms with Gasteiger partial charge in [0.15, 0.2) is 5.65 Å². The Balaban J connectivity index is 1.41. The van der Waals surface area contributed by atoms with Crippen LogP contribution < -0.4 is 0 Å². The zero-order valence-corrected chi connectivity index (χ0v) is 16.5. The fourth-order valence-corrected chi connectivity index (χ4v) is 3.11. The second-order valence-electron chi connectivity index (χ2n) is 7.09. The van der Waals surface area contributed by atoms with Crippen molar-refractivity contribution in [2.75, 3.05) is 0 Å². The number of carbonyl (C=O) groups excluding carboxylic acids is 1. The van der Waals surface area contributed by atoms with Crippen LogP contribution in [-0.4, -0.2) is 20.4 Å². The number of imidazole rings is 1. The van der Waals surface area contributed by atoms with E-state index in [-0.39, 0.29) is 17.8 Å². The molecule has 0 radical (unpaired) electrons. The van der Waals surface area contributed by atoms with Crippen LogP contribution >= 0.6 is 0 Å². The minimum atomic E-state index is -4.59. The van der Waals surface area contributed by atoms with Gasteiger partial charge in [-0.15, -0.1) is 0 Å². The molecule has 4 rings (SSSR count). The Morgan fingerprint density at radius 1 is 0.969 bits per heavy atom. The van der Waals surface area contributed by atoms with Gasteiger partial charge in [0.1, 0.15) is 17.3 Å². The van der Waals surface area contributed by atoms with Gasteiger partial charge in [-0.05, 0) is 59.5 Å². The molecule has 8 heteroatoms. The number of benzene rings is 2. The molecule has 0 spiro atoms. The molecule has 4 nitrogen and oxygen atoms in total. The van der Waals surface area contributed by atoms with Crippen molar-refractivity contribution in [1.29, 1.82) is 0 Å². The van der Waals surface area contributed by atoms with E-state index in [1.165, 1.54) is 0 Å². The second-order valence-corrected chi connectivity index (χ2v) is 7.09. The van der Waals surface area contributed by atoms with Crippen LogP contribution in [0.25, 0.3) is 5.65 Å². The van der Waals surface area contributed by atoms with E-state index >= 15 is 0 Å². The Morgan fingerprint density at radius 2 is 1.75 bits per heavy atom. The number of nitrogens with zero attached hydrogens (tertiary/aromatic N) is 3. The van der Waals surface area contributed by atoms with Gasteiger partial charge < -0.3 is 0 Å². The molecule has 0 atom stereocenters. The number of rotatable bonds is 4. The van der Waals surface area contributed by atoms with Crippen LogP contribution in [0.5, 0.6) is 0 Å². The molecule has 0 aliphatic carbocycles. The summed E-state index contributed by atoms with van der Waals surface area (Å²) in [4.78, 5) is 16.4. The highest BCUT2D eigenvalue weighted by atomic mass is 19.4. The summed E-state index contributed by atoms with van der Waals surface area (Å²) >= 11 is 0. The van der Waals surface area contributed by atoms with Gasteiger partial charge in [0.05, 0.1) is 5.56 Å². The third-order valence-corrected chi connectivity index (χ3v) is 4.71. The Kier molecular flexibility index (Phi) is 5.73. The summed E-state index contributed by atoms with van der Waals surface area (Å²) < 4.78 is 53.9. The number of alkyl halides is 3. The quantitative estimate of drug-likeness (QED) is 0.345. The molecule has 0 aliphatic heterocycles. The molecule has 2 aromatic carbocycles. The number of fused-ring (bicyclic) bond motifs is 1. The van der Waals surface area contributed by atoms with Crippen molar-refractivity contribution in [3.05, 3.63) is 101 Å². The van der Waals surface area contributed by atoms with Gasteiger partial charge in [0, 0.05) is 30.8 Å². The number of aromatic nitrogens is 3. The Hall–Kier alpha value is -3.99. The molecule has 160 valence electrons. The molecule has 2 aromatic heterocycles. The second kappa shape index (κ2) is 8.63. The van der Waals surface area contributed by atoms with Crippen molar-refractivity contribution in [2.24, 2.45) is 0 Å². The number of halogens is 4. The van der Waals surface area contributed by atoms with Gasteiger partial charge in [0.25, 0.3) is 0 Å². The Morgan fingerprint density at radius 3 is 2.50 bits per heavy atom. The van der Waals surface area contributed by atoms with Crippen molar-refractivity contribution >= 4 is 11.4 Å². The van der Waals surface area contributed by atoms with E-state index in [2.05, 4.69) is 21.9 Å². The topological polar surface area (TPSA) is 47.3 Å². The van der Waals surface area contributed by atoms with Crippen LogP contribution in [0.2, 0.25) is 0 Å². The Labute approximate surface area is 180 Å². The molecule has 0 unspecified atom stereocenters. The molecular weight excluding hydrogens is 422 g/mol. The third kappa shape index (κ3) is 5.01. The fraction of sp³-hybridized carbons (Fsp3) is 0.125. The van der Waals surface area contributed by atoms with Crippen LogP contribution in [0.3, 0.4) is 0 Å². The molecule has 0 fully saturated rings. The highest BCUT2D eigenvalue weighted by molar-refractivity contribution is 5.83. The number of Topliss-reactive ketones (excluding diaryl/α,β-unsaturated/α-hetero) is 1. The van der Waals surface area contributed by atoms with Crippen molar-refractivity contribution < 1.29 is 22.4 Å². The molecule has 0 bridgehead atoms. The van der Waals surface area contributed by atoms with E-state index < -0.39 is 24.0 Å². The highest BCUT2D eigenvalue weighted by Crippen LogP contribution is 2.30. The average Bonchev–Trinajstić information content (AvgIpc) is 3.22. The lowest BCUT2D eigenvalue weighted by Gasteiger charge is -2.09. The maximum atomic E-state index is 13.9. The standard InChI is InChI=1S/C24H15F4N3O/c25-22-9-6-19(24(26,27)28)14-18(22)15-21(32)13-17-3-1-16(2-4-17)5-7-20-8-10-23-29-11-12-31(23)30-20/h1-4,6,8-12,14H,13,15H2. The molecule has 0 aliphatic rings. The van der Waals surface area contributed by atoms with Gasteiger partial charge in [-0.25, -0.2) is 13.9 Å². The molecule has 4 aromatic rings. The zero-order valence-electron chi connectivity index (χ0n) is 16.5. The average molecular weight is 437 g/mol. The summed E-state index contributed by atoms with van der Waals surface area (Å²) in [6.07, 6.45) is -1.68. The summed E-state index contributed by atoms with van der Waals surface area (Å²) in [6, 6.07) is 12.5. The van der Waals surface area contributed by atoms with Crippen molar-refractivity contribution in [3.63, 3.8) is 0 Å². The van der Waals surface area contributed by atoms with E-state index in [1.54, 1.807) is 53.3 Å². The molecule has 0 N–H and O–H groups in total. The lowest BCUT2D eigenvalue weighted by atomic mass is 10.00. The summed E-state index contributed by atoms with van der Waals surface area (Å²) in [5.41, 5.74) is 1.40. The molecule has 32 heavy (non-hydrogen) atoms. The van der Waals surface area contributed by atoms with E-state index in [9.17, 15) is 22.4 Å². The predicted molar refractivity (Wildman–Crippen MR) is 109 cm³/mol. The summed E-state index contributed by atoms with van der Waals surface area (Å²) in [6.45, 7) is 0. The smallest absolute Gasteiger partial charge is 0.299 e. The predicted octanol–water partition coefficient (Wildman–Crippen LogP) is 4.64. The lowest BCUT2D eigenvalue weighted by Crippen LogP contribution is -2.11. The van der Waals surface area contributed by atoms with Crippen molar-refractivity contribution in [1.82, 2.24) is 14.6 Å². The van der Waals surface area contributed by atoms with Crippen LogP contribution in [-0.2, 0) is 23.8 Å². The fourth-order valence-electron chi connectivity index (χ4n) is 3.11. The molecule has 0 saturated heterocycles. The minimum absolute atomic E-state index is 0.0255. The number of carbonyl (C=O) groups is 1. The van der Waals surface area contributed by atoms with E-state index in [0.717, 1.165) is 11.7 Å². The normalized spacial score (nSPS) is 11.2. The van der Waals surface area contributed by atoms with Gasteiger partial charge in [-0.2, -0.15) is 18.3 Å². The summed E-state index contributed by atoms with van der Waals surface area (Å²) in [7, 11) is 0. The van der Waals surface area contributed by atoms with Crippen molar-refractivity contribution in [2.45, 2.75) is 19.0 Å². The zero-order chi connectivity index (χ0) is 22.7. The monoisotopic (exact) mass is 437 g/mol. The van der Waals surface area contributed by atoms with Crippen LogP contribution in [0.4, 0.5) is 17.6 Å². The number of hydrogen-bond donors (Lipinski definition) is 0. The minimum Gasteiger partial charge on any atom is -0.299 e. The van der Waals surface area contributed by atoms with Gasteiger partial charge in [0.2, 0.25) is 0 Å². The molecular formula is C24H15F4N3O. The van der Waals surface area contributed by atoms with Crippen molar-refractivity contribution in [3.8, 4) is 11.8 Å². The van der Waals surface area contributed by atoms with Crippen LogP contribution in [0.1, 0.15) is 27.9 Å². The molecule has 2 heterocycles. The summed E-state index contributed by atoms with van der Waals surface area (Å²) in [5.74, 6) is 4.71. The molecule has 0 amide bonds. The Bertz CT molecular complexity index is 1350. The third-order valence-electron chi connectivity index (χ3n) is 4.71. The van der Waals surface area contributed by atoms with E-state index in [1.807, 2.05) is 0 Å². The van der Waals surface area contributed by atoms with E-state index in [0.29, 0.717) is 29.0 Å². The van der Waals surface area contributed by atoms with Gasteiger partial charge in [-0.3, -0.25) is 4.79 Å². The first-order chi connectivity index (χ1) is 15.3. The van der Waals surface area contributed by atoms with E-state index in [4.69, 9.17) is 0 Å². The lowest BCUT2D eigenvalue weighted by molar-refractivity contribution is -0.137. The van der Waals surface area contributed by atoms with Crippen LogP contribution in [0.15, 0.2) is 67.0 Å². The highest BCUT2D eigenvalue weighted by Gasteiger charge is 2.31. The first kappa shape index (κ1) is 21.2.